The lowest BCUT2D eigenvalue weighted by Gasteiger charge is -2.14. The quantitative estimate of drug-likeness (QED) is 0.833. The minimum Gasteiger partial charge on any atom is -0.378 e. The van der Waals surface area contributed by atoms with Crippen molar-refractivity contribution in [1.29, 1.82) is 0 Å². The van der Waals surface area contributed by atoms with Crippen LogP contribution in [0.1, 0.15) is 30.6 Å². The molecule has 0 aromatic heterocycles. The summed E-state index contributed by atoms with van der Waals surface area (Å²) in [5.41, 5.74) is 1.26. The average molecular weight is 247 g/mol. The second-order valence-electron chi connectivity index (χ2n) is 4.60. The largest absolute Gasteiger partial charge is 0.378 e. The van der Waals surface area contributed by atoms with E-state index in [4.69, 9.17) is 4.74 Å². The van der Waals surface area contributed by atoms with Crippen LogP contribution in [0, 0.1) is 5.92 Å². The van der Waals surface area contributed by atoms with Gasteiger partial charge in [0, 0.05) is 17.9 Å². The van der Waals surface area contributed by atoms with Crippen molar-refractivity contribution in [2.75, 3.05) is 11.9 Å². The lowest BCUT2D eigenvalue weighted by Crippen LogP contribution is -2.27. The molecule has 2 atom stereocenters. The number of rotatable bonds is 3. The monoisotopic (exact) mass is 247 g/mol. The normalized spacial score (nSPS) is 22.8. The van der Waals surface area contributed by atoms with Crippen molar-refractivity contribution in [3.05, 3.63) is 29.8 Å². The van der Waals surface area contributed by atoms with Gasteiger partial charge in [-0.05, 0) is 32.4 Å². The molecule has 0 radical (unpaired) electrons. The van der Waals surface area contributed by atoms with E-state index in [2.05, 4.69) is 5.32 Å². The highest BCUT2D eigenvalue weighted by Crippen LogP contribution is 2.22. The molecule has 1 amide bonds. The van der Waals surface area contributed by atoms with Crippen LogP contribution >= 0.6 is 0 Å². The number of benzene rings is 1. The number of amides is 1. The van der Waals surface area contributed by atoms with Crippen molar-refractivity contribution >= 4 is 17.4 Å². The summed E-state index contributed by atoms with van der Waals surface area (Å²) in [6.07, 6.45) is 0.709. The van der Waals surface area contributed by atoms with Crippen molar-refractivity contribution in [3.8, 4) is 0 Å². The summed E-state index contributed by atoms with van der Waals surface area (Å²) in [5.74, 6) is -0.157. The fourth-order valence-corrected chi connectivity index (χ4v) is 2.13. The van der Waals surface area contributed by atoms with Gasteiger partial charge < -0.3 is 10.1 Å². The number of hydrogen-bond acceptors (Lipinski definition) is 3. The predicted molar refractivity (Wildman–Crippen MR) is 68.6 cm³/mol. The first-order chi connectivity index (χ1) is 8.58. The Labute approximate surface area is 106 Å². The summed E-state index contributed by atoms with van der Waals surface area (Å²) in [6.45, 7) is 4.05. The van der Waals surface area contributed by atoms with E-state index < -0.39 is 0 Å². The third-order valence-corrected chi connectivity index (χ3v) is 3.25. The molecule has 1 aromatic carbocycles. The Balaban J connectivity index is 2.07. The van der Waals surface area contributed by atoms with Crippen molar-refractivity contribution < 1.29 is 14.3 Å². The molecule has 2 rings (SSSR count). The number of nitrogens with one attached hydrogen (secondary N) is 1. The standard InChI is InChI=1S/C14H17NO3/c1-9(16)11-4-3-5-12(8-11)15-14(17)13-6-7-18-10(13)2/h3-5,8,10,13H,6-7H2,1-2H3,(H,15,17). The molecule has 1 heterocycles. The smallest absolute Gasteiger partial charge is 0.230 e. The summed E-state index contributed by atoms with van der Waals surface area (Å²) in [4.78, 5) is 23.3. The summed E-state index contributed by atoms with van der Waals surface area (Å²) < 4.78 is 5.37. The van der Waals surface area contributed by atoms with Crippen LogP contribution < -0.4 is 5.32 Å². The van der Waals surface area contributed by atoms with Gasteiger partial charge in [0.15, 0.2) is 5.78 Å². The lowest BCUT2D eigenvalue weighted by atomic mass is 10.0. The fourth-order valence-electron chi connectivity index (χ4n) is 2.13. The zero-order chi connectivity index (χ0) is 13.1. The third kappa shape index (κ3) is 2.76. The van der Waals surface area contributed by atoms with Crippen LogP contribution in [0.5, 0.6) is 0 Å². The Morgan fingerprint density at radius 2 is 2.17 bits per heavy atom. The van der Waals surface area contributed by atoms with Gasteiger partial charge in [-0.15, -0.1) is 0 Å². The van der Waals surface area contributed by atoms with Crippen LogP contribution in [0.25, 0.3) is 0 Å². The van der Waals surface area contributed by atoms with Crippen LogP contribution in [0.2, 0.25) is 0 Å². The molecule has 0 saturated carbocycles. The molecule has 0 aliphatic carbocycles. The maximum absolute atomic E-state index is 12.0. The molecule has 96 valence electrons. The lowest BCUT2D eigenvalue weighted by molar-refractivity contribution is -0.121. The molecule has 4 heteroatoms. The Morgan fingerprint density at radius 3 is 2.78 bits per heavy atom. The van der Waals surface area contributed by atoms with Gasteiger partial charge >= 0.3 is 0 Å². The van der Waals surface area contributed by atoms with E-state index in [1.807, 2.05) is 6.92 Å². The Kier molecular flexibility index (Phi) is 3.77. The molecule has 1 aliphatic rings. The first-order valence-electron chi connectivity index (χ1n) is 6.11. The van der Waals surface area contributed by atoms with E-state index in [9.17, 15) is 9.59 Å². The van der Waals surface area contributed by atoms with Gasteiger partial charge in [-0.2, -0.15) is 0 Å². The van der Waals surface area contributed by atoms with Crippen molar-refractivity contribution in [3.63, 3.8) is 0 Å². The van der Waals surface area contributed by atoms with Gasteiger partial charge in [-0.3, -0.25) is 9.59 Å². The number of Topliss-reactive ketones (excluding diaryl/α,β-unsaturated/α-hetero) is 1. The van der Waals surface area contributed by atoms with E-state index in [-0.39, 0.29) is 23.7 Å². The summed E-state index contributed by atoms with van der Waals surface area (Å²) in [6, 6.07) is 6.98. The van der Waals surface area contributed by atoms with Gasteiger partial charge in [0.1, 0.15) is 0 Å². The Morgan fingerprint density at radius 1 is 1.39 bits per heavy atom. The second-order valence-corrected chi connectivity index (χ2v) is 4.60. The predicted octanol–water partition coefficient (Wildman–Crippen LogP) is 2.25. The molecule has 2 unspecified atom stereocenters. The molecule has 4 nitrogen and oxygen atoms in total. The van der Waals surface area contributed by atoms with E-state index in [0.717, 1.165) is 6.42 Å². The van der Waals surface area contributed by atoms with Crippen molar-refractivity contribution in [1.82, 2.24) is 0 Å². The fraction of sp³-hybridized carbons (Fsp3) is 0.429. The maximum atomic E-state index is 12.0. The van der Waals surface area contributed by atoms with E-state index >= 15 is 0 Å². The van der Waals surface area contributed by atoms with Crippen LogP contribution in [-0.4, -0.2) is 24.4 Å². The molecule has 1 saturated heterocycles. The highest BCUT2D eigenvalue weighted by atomic mass is 16.5. The molecular weight excluding hydrogens is 230 g/mol. The van der Waals surface area contributed by atoms with Crippen LogP contribution in [0.3, 0.4) is 0 Å². The second kappa shape index (κ2) is 5.31. The maximum Gasteiger partial charge on any atom is 0.230 e. The van der Waals surface area contributed by atoms with Gasteiger partial charge in [0.25, 0.3) is 0 Å². The van der Waals surface area contributed by atoms with Crippen molar-refractivity contribution in [2.45, 2.75) is 26.4 Å². The number of anilines is 1. The number of hydrogen-bond donors (Lipinski definition) is 1. The van der Waals surface area contributed by atoms with E-state index in [1.54, 1.807) is 24.3 Å². The third-order valence-electron chi connectivity index (χ3n) is 3.25. The van der Waals surface area contributed by atoms with E-state index in [1.165, 1.54) is 6.92 Å². The summed E-state index contributed by atoms with van der Waals surface area (Å²) in [7, 11) is 0. The van der Waals surface area contributed by atoms with Gasteiger partial charge in [-0.25, -0.2) is 0 Å². The first kappa shape index (κ1) is 12.8. The molecule has 0 bridgehead atoms. The highest BCUT2D eigenvalue weighted by Gasteiger charge is 2.30. The number of carbonyl (C=O) groups excluding carboxylic acids is 2. The van der Waals surface area contributed by atoms with Crippen molar-refractivity contribution in [2.24, 2.45) is 5.92 Å². The van der Waals surface area contributed by atoms with Crippen LogP contribution in [0.4, 0.5) is 5.69 Å². The molecule has 0 spiro atoms. The van der Waals surface area contributed by atoms with E-state index in [0.29, 0.717) is 17.9 Å². The van der Waals surface area contributed by atoms with Gasteiger partial charge in [-0.1, -0.05) is 12.1 Å². The molecule has 1 aromatic rings. The molecule has 18 heavy (non-hydrogen) atoms. The molecule has 1 N–H and O–H groups in total. The van der Waals surface area contributed by atoms with Crippen LogP contribution in [0.15, 0.2) is 24.3 Å². The molecular formula is C14H17NO3. The zero-order valence-corrected chi connectivity index (χ0v) is 10.6. The minimum absolute atomic E-state index is 0.0105. The number of carbonyl (C=O) groups is 2. The average Bonchev–Trinajstić information content (AvgIpc) is 2.76. The SMILES string of the molecule is CC(=O)c1cccc(NC(=O)C2CCOC2C)c1. The first-order valence-corrected chi connectivity index (χ1v) is 6.11. The highest BCUT2D eigenvalue weighted by molar-refractivity contribution is 5.97. The summed E-state index contributed by atoms with van der Waals surface area (Å²) in [5, 5.41) is 2.84. The minimum atomic E-state index is -0.106. The Hall–Kier alpha value is -1.68. The zero-order valence-electron chi connectivity index (χ0n) is 10.6. The molecule has 1 aliphatic heterocycles. The number of ether oxygens (including phenoxy) is 1. The Bertz CT molecular complexity index is 470. The topological polar surface area (TPSA) is 55.4 Å². The van der Waals surface area contributed by atoms with Crippen LogP contribution in [-0.2, 0) is 9.53 Å². The molecule has 1 fully saturated rings. The summed E-state index contributed by atoms with van der Waals surface area (Å²) >= 11 is 0. The number of ketones is 1. The van der Waals surface area contributed by atoms with Gasteiger partial charge in [0.2, 0.25) is 5.91 Å². The van der Waals surface area contributed by atoms with Gasteiger partial charge in [0.05, 0.1) is 12.0 Å².